The summed E-state index contributed by atoms with van der Waals surface area (Å²) in [4.78, 5) is 0. The fourth-order valence-corrected chi connectivity index (χ4v) is 2.05. The quantitative estimate of drug-likeness (QED) is 0.876. The molecule has 2 rings (SSSR count). The minimum Gasteiger partial charge on any atom is -0.308 e. The van der Waals surface area contributed by atoms with Crippen molar-refractivity contribution in [1.82, 2.24) is 5.32 Å². The minimum atomic E-state index is -0.206. The first-order chi connectivity index (χ1) is 8.68. The van der Waals surface area contributed by atoms with Crippen molar-refractivity contribution in [2.24, 2.45) is 0 Å². The molecule has 1 N–H and O–H groups in total. The number of nitrogens with one attached hydrogen (secondary N) is 1. The molecule has 2 aromatic rings. The molecule has 0 saturated carbocycles. The highest BCUT2D eigenvalue weighted by molar-refractivity contribution is 6.42. The second-order valence-electron chi connectivity index (χ2n) is 3.91. The summed E-state index contributed by atoms with van der Waals surface area (Å²) in [7, 11) is 0. The lowest BCUT2D eigenvalue weighted by Crippen LogP contribution is -2.14. The molecule has 0 unspecified atom stereocenters. The Bertz CT molecular complexity index is 543. The molecule has 94 valence electrons. The Morgan fingerprint density at radius 2 is 1.56 bits per heavy atom. The first-order valence-corrected chi connectivity index (χ1v) is 6.31. The van der Waals surface area contributed by atoms with E-state index >= 15 is 0 Å². The van der Waals surface area contributed by atoms with E-state index < -0.39 is 0 Å². The minimum absolute atomic E-state index is 0.206. The van der Waals surface area contributed by atoms with Crippen LogP contribution in [-0.4, -0.2) is 0 Å². The highest BCUT2D eigenvalue weighted by atomic mass is 35.5. The van der Waals surface area contributed by atoms with Gasteiger partial charge in [-0.25, -0.2) is 4.39 Å². The van der Waals surface area contributed by atoms with Crippen LogP contribution in [-0.2, 0) is 13.1 Å². The van der Waals surface area contributed by atoms with Crippen molar-refractivity contribution in [2.75, 3.05) is 0 Å². The van der Waals surface area contributed by atoms with Gasteiger partial charge in [-0.1, -0.05) is 53.5 Å². The second kappa shape index (κ2) is 6.19. The fourth-order valence-electron chi connectivity index (χ4n) is 1.66. The van der Waals surface area contributed by atoms with Gasteiger partial charge in [-0.15, -0.1) is 0 Å². The van der Waals surface area contributed by atoms with E-state index in [1.54, 1.807) is 18.2 Å². The summed E-state index contributed by atoms with van der Waals surface area (Å²) in [6.45, 7) is 1.00. The average Bonchev–Trinajstić information content (AvgIpc) is 2.37. The van der Waals surface area contributed by atoms with E-state index in [0.29, 0.717) is 28.7 Å². The van der Waals surface area contributed by atoms with E-state index in [1.807, 2.05) is 18.2 Å². The molecular weight excluding hydrogens is 272 g/mol. The van der Waals surface area contributed by atoms with Crippen LogP contribution < -0.4 is 5.32 Å². The van der Waals surface area contributed by atoms with Gasteiger partial charge >= 0.3 is 0 Å². The van der Waals surface area contributed by atoms with Crippen LogP contribution in [0.4, 0.5) is 4.39 Å². The molecule has 0 spiro atoms. The third-order valence-corrected chi connectivity index (χ3v) is 3.48. The largest absolute Gasteiger partial charge is 0.308 e. The molecule has 0 bridgehead atoms. The van der Waals surface area contributed by atoms with E-state index in [2.05, 4.69) is 5.32 Å². The average molecular weight is 284 g/mol. The van der Waals surface area contributed by atoms with Crippen molar-refractivity contribution in [1.29, 1.82) is 0 Å². The maximum absolute atomic E-state index is 13.4. The van der Waals surface area contributed by atoms with Gasteiger partial charge in [0.1, 0.15) is 5.82 Å². The zero-order chi connectivity index (χ0) is 13.0. The van der Waals surface area contributed by atoms with Gasteiger partial charge in [0.15, 0.2) is 0 Å². The predicted octanol–water partition coefficient (Wildman–Crippen LogP) is 4.42. The van der Waals surface area contributed by atoms with Crippen LogP contribution in [0.5, 0.6) is 0 Å². The normalized spacial score (nSPS) is 10.6. The lowest BCUT2D eigenvalue weighted by Gasteiger charge is -2.08. The summed E-state index contributed by atoms with van der Waals surface area (Å²) in [5, 5.41) is 4.22. The molecule has 0 aliphatic carbocycles. The van der Waals surface area contributed by atoms with Crippen molar-refractivity contribution in [3.63, 3.8) is 0 Å². The standard InChI is InChI=1S/C14H12Cl2FN/c15-12-6-3-5-11(14(12)16)9-18-8-10-4-1-2-7-13(10)17/h1-7,18H,8-9H2. The second-order valence-corrected chi connectivity index (χ2v) is 4.69. The van der Waals surface area contributed by atoms with E-state index in [-0.39, 0.29) is 5.82 Å². The topological polar surface area (TPSA) is 12.0 Å². The maximum Gasteiger partial charge on any atom is 0.127 e. The van der Waals surface area contributed by atoms with Crippen LogP contribution in [0.2, 0.25) is 10.0 Å². The summed E-state index contributed by atoms with van der Waals surface area (Å²) in [5.74, 6) is -0.206. The zero-order valence-electron chi connectivity index (χ0n) is 9.59. The summed E-state index contributed by atoms with van der Waals surface area (Å²) in [6, 6.07) is 12.2. The first kappa shape index (κ1) is 13.3. The lowest BCUT2D eigenvalue weighted by atomic mass is 10.2. The predicted molar refractivity (Wildman–Crippen MR) is 73.4 cm³/mol. The number of benzene rings is 2. The number of hydrogen-bond acceptors (Lipinski definition) is 1. The van der Waals surface area contributed by atoms with Gasteiger partial charge in [-0.2, -0.15) is 0 Å². The van der Waals surface area contributed by atoms with E-state index in [9.17, 15) is 4.39 Å². The Balaban J connectivity index is 1.97. The van der Waals surface area contributed by atoms with Crippen molar-refractivity contribution < 1.29 is 4.39 Å². The van der Waals surface area contributed by atoms with Crippen LogP contribution in [0.15, 0.2) is 42.5 Å². The monoisotopic (exact) mass is 283 g/mol. The third kappa shape index (κ3) is 3.22. The summed E-state index contributed by atoms with van der Waals surface area (Å²) >= 11 is 12.0. The molecule has 0 aliphatic heterocycles. The van der Waals surface area contributed by atoms with E-state index in [1.165, 1.54) is 6.07 Å². The van der Waals surface area contributed by atoms with Gasteiger partial charge in [0.2, 0.25) is 0 Å². The van der Waals surface area contributed by atoms with Crippen molar-refractivity contribution >= 4 is 23.2 Å². The summed E-state index contributed by atoms with van der Waals surface area (Å²) in [6.07, 6.45) is 0. The summed E-state index contributed by atoms with van der Waals surface area (Å²) in [5.41, 5.74) is 1.54. The van der Waals surface area contributed by atoms with Gasteiger partial charge in [0.05, 0.1) is 10.0 Å². The Kier molecular flexibility index (Phi) is 4.59. The number of halogens is 3. The van der Waals surface area contributed by atoms with Gasteiger partial charge in [-0.3, -0.25) is 0 Å². The Labute approximate surface area is 116 Å². The molecule has 0 amide bonds. The SMILES string of the molecule is Fc1ccccc1CNCc1cccc(Cl)c1Cl. The van der Waals surface area contributed by atoms with Crippen LogP contribution in [0.1, 0.15) is 11.1 Å². The van der Waals surface area contributed by atoms with Crippen molar-refractivity contribution in [3.05, 3.63) is 69.5 Å². The molecule has 18 heavy (non-hydrogen) atoms. The zero-order valence-corrected chi connectivity index (χ0v) is 11.1. The summed E-state index contributed by atoms with van der Waals surface area (Å²) < 4.78 is 13.4. The maximum atomic E-state index is 13.4. The molecular formula is C14H12Cl2FN. The first-order valence-electron chi connectivity index (χ1n) is 5.55. The highest BCUT2D eigenvalue weighted by Gasteiger charge is 2.04. The van der Waals surface area contributed by atoms with Crippen LogP contribution >= 0.6 is 23.2 Å². The molecule has 0 saturated heterocycles. The molecule has 0 atom stereocenters. The van der Waals surface area contributed by atoms with E-state index in [4.69, 9.17) is 23.2 Å². The number of rotatable bonds is 4. The third-order valence-electron chi connectivity index (χ3n) is 2.62. The van der Waals surface area contributed by atoms with Crippen LogP contribution in [0.3, 0.4) is 0 Å². The van der Waals surface area contributed by atoms with Gasteiger partial charge in [0, 0.05) is 18.7 Å². The van der Waals surface area contributed by atoms with Crippen molar-refractivity contribution in [2.45, 2.75) is 13.1 Å². The molecule has 4 heteroatoms. The van der Waals surface area contributed by atoms with Crippen LogP contribution in [0, 0.1) is 5.82 Å². The molecule has 0 fully saturated rings. The number of hydrogen-bond donors (Lipinski definition) is 1. The van der Waals surface area contributed by atoms with Crippen LogP contribution in [0.25, 0.3) is 0 Å². The lowest BCUT2D eigenvalue weighted by molar-refractivity contribution is 0.588. The van der Waals surface area contributed by atoms with Crippen molar-refractivity contribution in [3.8, 4) is 0 Å². The fraction of sp³-hybridized carbons (Fsp3) is 0.143. The molecule has 1 nitrogen and oxygen atoms in total. The molecule has 2 aromatic carbocycles. The molecule has 0 aromatic heterocycles. The Morgan fingerprint density at radius 1 is 0.889 bits per heavy atom. The van der Waals surface area contributed by atoms with E-state index in [0.717, 1.165) is 5.56 Å². The van der Waals surface area contributed by atoms with Gasteiger partial charge in [-0.05, 0) is 17.7 Å². The Morgan fingerprint density at radius 3 is 2.33 bits per heavy atom. The molecule has 0 radical (unpaired) electrons. The Hall–Kier alpha value is -1.09. The highest BCUT2D eigenvalue weighted by Crippen LogP contribution is 2.25. The smallest absolute Gasteiger partial charge is 0.127 e. The molecule has 0 aliphatic rings. The molecule has 0 heterocycles. The van der Waals surface area contributed by atoms with Gasteiger partial charge < -0.3 is 5.32 Å². The van der Waals surface area contributed by atoms with Gasteiger partial charge in [0.25, 0.3) is 0 Å².